The number of hydrogen-bond acceptors (Lipinski definition) is 4. The second-order valence-electron chi connectivity index (χ2n) is 3.78. The van der Waals surface area contributed by atoms with Crippen LogP contribution in [-0.2, 0) is 16.1 Å². The molecule has 0 saturated heterocycles. The molecule has 94 valence electrons. The van der Waals surface area contributed by atoms with Crippen LogP contribution in [0.5, 0.6) is 0 Å². The lowest BCUT2D eigenvalue weighted by atomic mass is 10.2. The number of rotatable bonds is 7. The highest BCUT2D eigenvalue weighted by molar-refractivity contribution is 5.69. The van der Waals surface area contributed by atoms with Crippen LogP contribution in [0.15, 0.2) is 24.5 Å². The molecule has 0 aliphatic carbocycles. The van der Waals surface area contributed by atoms with Gasteiger partial charge in [-0.2, -0.15) is 0 Å². The predicted molar refractivity (Wildman–Crippen MR) is 66.4 cm³/mol. The van der Waals surface area contributed by atoms with Gasteiger partial charge < -0.3 is 4.74 Å². The van der Waals surface area contributed by atoms with E-state index in [-0.39, 0.29) is 5.97 Å². The Morgan fingerprint density at radius 3 is 2.65 bits per heavy atom. The summed E-state index contributed by atoms with van der Waals surface area (Å²) in [6.07, 6.45) is 4.02. The van der Waals surface area contributed by atoms with E-state index in [0.717, 1.165) is 19.6 Å². The smallest absolute Gasteiger partial charge is 0.307 e. The van der Waals surface area contributed by atoms with Gasteiger partial charge in [0.25, 0.3) is 0 Å². The molecule has 1 rings (SSSR count). The molecule has 0 amide bonds. The van der Waals surface area contributed by atoms with Gasteiger partial charge in [-0.15, -0.1) is 0 Å². The van der Waals surface area contributed by atoms with Crippen LogP contribution in [-0.4, -0.2) is 35.5 Å². The molecule has 0 unspecified atom stereocenters. The summed E-state index contributed by atoms with van der Waals surface area (Å²) in [7, 11) is 0. The highest BCUT2D eigenvalue weighted by Crippen LogP contribution is 2.04. The molecular weight excluding hydrogens is 216 g/mol. The fourth-order valence-electron chi connectivity index (χ4n) is 1.58. The Kier molecular flexibility index (Phi) is 6.25. The van der Waals surface area contributed by atoms with Crippen LogP contribution in [0.4, 0.5) is 0 Å². The van der Waals surface area contributed by atoms with Gasteiger partial charge in [-0.05, 0) is 31.2 Å². The zero-order valence-electron chi connectivity index (χ0n) is 10.6. The minimum absolute atomic E-state index is 0.124. The zero-order chi connectivity index (χ0) is 12.5. The standard InChI is InChI=1S/C13H20N2O2/c1-3-15(10-7-13(16)17-4-2)11-12-5-8-14-9-6-12/h5-6,8-9H,3-4,7,10-11H2,1-2H3. The molecule has 0 saturated carbocycles. The molecule has 1 aromatic heterocycles. The Bertz CT molecular complexity index is 327. The third-order valence-corrected chi connectivity index (χ3v) is 2.54. The average molecular weight is 236 g/mol. The minimum atomic E-state index is -0.124. The Morgan fingerprint density at radius 1 is 1.35 bits per heavy atom. The molecular formula is C13H20N2O2. The molecule has 0 fully saturated rings. The SMILES string of the molecule is CCOC(=O)CCN(CC)Cc1ccncc1. The first-order valence-electron chi connectivity index (χ1n) is 6.03. The van der Waals surface area contributed by atoms with E-state index in [1.165, 1.54) is 5.56 Å². The normalized spacial score (nSPS) is 10.5. The summed E-state index contributed by atoms with van der Waals surface area (Å²) in [5, 5.41) is 0. The summed E-state index contributed by atoms with van der Waals surface area (Å²) in [6.45, 7) is 6.87. The molecule has 0 N–H and O–H groups in total. The van der Waals surface area contributed by atoms with E-state index in [2.05, 4.69) is 16.8 Å². The molecule has 17 heavy (non-hydrogen) atoms. The van der Waals surface area contributed by atoms with E-state index < -0.39 is 0 Å². The Labute approximate surface area is 103 Å². The van der Waals surface area contributed by atoms with Gasteiger partial charge in [0.1, 0.15) is 0 Å². The molecule has 1 heterocycles. The zero-order valence-corrected chi connectivity index (χ0v) is 10.6. The molecule has 1 aromatic rings. The predicted octanol–water partition coefficient (Wildman–Crippen LogP) is 1.86. The minimum Gasteiger partial charge on any atom is -0.466 e. The van der Waals surface area contributed by atoms with Crippen molar-refractivity contribution in [2.45, 2.75) is 26.8 Å². The number of pyridine rings is 1. The van der Waals surface area contributed by atoms with Gasteiger partial charge >= 0.3 is 5.97 Å². The van der Waals surface area contributed by atoms with Gasteiger partial charge in [0.05, 0.1) is 13.0 Å². The van der Waals surface area contributed by atoms with Crippen molar-refractivity contribution in [3.8, 4) is 0 Å². The summed E-state index contributed by atoms with van der Waals surface area (Å²) < 4.78 is 4.91. The Morgan fingerprint density at radius 2 is 2.06 bits per heavy atom. The van der Waals surface area contributed by atoms with Crippen molar-refractivity contribution in [1.29, 1.82) is 0 Å². The highest BCUT2D eigenvalue weighted by Gasteiger charge is 2.07. The van der Waals surface area contributed by atoms with Gasteiger partial charge in [0, 0.05) is 25.5 Å². The van der Waals surface area contributed by atoms with E-state index in [4.69, 9.17) is 4.74 Å². The summed E-state index contributed by atoms with van der Waals surface area (Å²) in [5.74, 6) is -0.124. The number of carbonyl (C=O) groups is 1. The van der Waals surface area contributed by atoms with E-state index >= 15 is 0 Å². The first-order chi connectivity index (χ1) is 8.26. The molecule has 0 radical (unpaired) electrons. The van der Waals surface area contributed by atoms with Crippen molar-refractivity contribution in [3.63, 3.8) is 0 Å². The van der Waals surface area contributed by atoms with E-state index in [1.54, 1.807) is 12.4 Å². The monoisotopic (exact) mass is 236 g/mol. The van der Waals surface area contributed by atoms with Crippen LogP contribution >= 0.6 is 0 Å². The summed E-state index contributed by atoms with van der Waals surface area (Å²) in [5.41, 5.74) is 1.21. The lowest BCUT2D eigenvalue weighted by Crippen LogP contribution is -2.26. The van der Waals surface area contributed by atoms with Crippen LogP contribution in [0, 0.1) is 0 Å². The van der Waals surface area contributed by atoms with Gasteiger partial charge in [0.15, 0.2) is 0 Å². The topological polar surface area (TPSA) is 42.4 Å². The third kappa shape index (κ3) is 5.45. The van der Waals surface area contributed by atoms with Crippen LogP contribution in [0.1, 0.15) is 25.8 Å². The van der Waals surface area contributed by atoms with E-state index in [1.807, 2.05) is 19.1 Å². The van der Waals surface area contributed by atoms with Crippen LogP contribution in [0.25, 0.3) is 0 Å². The second-order valence-corrected chi connectivity index (χ2v) is 3.78. The van der Waals surface area contributed by atoms with Crippen LogP contribution in [0.3, 0.4) is 0 Å². The Balaban J connectivity index is 2.36. The lowest BCUT2D eigenvalue weighted by Gasteiger charge is -2.19. The summed E-state index contributed by atoms with van der Waals surface area (Å²) in [4.78, 5) is 17.5. The number of ether oxygens (including phenoxy) is 1. The van der Waals surface area contributed by atoms with Crippen molar-refractivity contribution in [1.82, 2.24) is 9.88 Å². The van der Waals surface area contributed by atoms with E-state index in [0.29, 0.717) is 13.0 Å². The molecule has 0 aliphatic rings. The number of esters is 1. The third-order valence-electron chi connectivity index (χ3n) is 2.54. The first-order valence-corrected chi connectivity index (χ1v) is 6.03. The van der Waals surface area contributed by atoms with Gasteiger partial charge in [0.2, 0.25) is 0 Å². The second kappa shape index (κ2) is 7.79. The first kappa shape index (κ1) is 13.6. The molecule has 0 bridgehead atoms. The van der Waals surface area contributed by atoms with Crippen molar-refractivity contribution in [2.24, 2.45) is 0 Å². The average Bonchev–Trinajstić information content (AvgIpc) is 2.36. The maximum absolute atomic E-state index is 11.3. The number of nitrogens with zero attached hydrogens (tertiary/aromatic N) is 2. The molecule has 4 nitrogen and oxygen atoms in total. The van der Waals surface area contributed by atoms with E-state index in [9.17, 15) is 4.79 Å². The van der Waals surface area contributed by atoms with Crippen molar-refractivity contribution in [3.05, 3.63) is 30.1 Å². The van der Waals surface area contributed by atoms with Crippen LogP contribution < -0.4 is 0 Å². The lowest BCUT2D eigenvalue weighted by molar-refractivity contribution is -0.143. The molecule has 0 atom stereocenters. The van der Waals surface area contributed by atoms with Crippen molar-refractivity contribution >= 4 is 5.97 Å². The fraction of sp³-hybridized carbons (Fsp3) is 0.538. The molecule has 0 spiro atoms. The number of aromatic nitrogens is 1. The van der Waals surface area contributed by atoms with Crippen molar-refractivity contribution < 1.29 is 9.53 Å². The van der Waals surface area contributed by atoms with Crippen LogP contribution in [0.2, 0.25) is 0 Å². The largest absolute Gasteiger partial charge is 0.466 e. The highest BCUT2D eigenvalue weighted by atomic mass is 16.5. The number of hydrogen-bond donors (Lipinski definition) is 0. The molecule has 0 aromatic carbocycles. The molecule has 4 heteroatoms. The van der Waals surface area contributed by atoms with Crippen molar-refractivity contribution in [2.75, 3.05) is 19.7 Å². The maximum atomic E-state index is 11.3. The van der Waals surface area contributed by atoms with Gasteiger partial charge in [-0.25, -0.2) is 0 Å². The quantitative estimate of drug-likeness (QED) is 0.678. The van der Waals surface area contributed by atoms with Gasteiger partial charge in [-0.1, -0.05) is 6.92 Å². The fourth-order valence-corrected chi connectivity index (χ4v) is 1.58. The summed E-state index contributed by atoms with van der Waals surface area (Å²) >= 11 is 0. The summed E-state index contributed by atoms with van der Waals surface area (Å²) in [6, 6.07) is 3.99. The Hall–Kier alpha value is -1.42. The van der Waals surface area contributed by atoms with Gasteiger partial charge in [-0.3, -0.25) is 14.7 Å². The maximum Gasteiger partial charge on any atom is 0.307 e. The number of carbonyl (C=O) groups excluding carboxylic acids is 1. The molecule has 0 aliphatic heterocycles.